The molecule has 1 aromatic carbocycles. The van der Waals surface area contributed by atoms with E-state index in [1.807, 2.05) is 25.1 Å². The molecule has 0 bridgehead atoms. The fraction of sp³-hybridized carbons (Fsp3) is 0.400. The topological polar surface area (TPSA) is 51.8 Å². The molecule has 0 saturated heterocycles. The van der Waals surface area contributed by atoms with E-state index in [1.165, 1.54) is 11.3 Å². The van der Waals surface area contributed by atoms with Crippen molar-refractivity contribution >= 4 is 21.6 Å². The minimum absolute atomic E-state index is 0.442. The Balaban J connectivity index is 1.95. The molecule has 0 aliphatic heterocycles. The Hall–Kier alpha value is -1.82. The molecule has 4 nitrogen and oxygen atoms in total. The first kappa shape index (κ1) is 14.1. The largest absolute Gasteiger partial charge is 0.339 e. The van der Waals surface area contributed by atoms with Crippen LogP contribution >= 0.6 is 11.3 Å². The summed E-state index contributed by atoms with van der Waals surface area (Å²) in [5.41, 5.74) is 1.68. The van der Waals surface area contributed by atoms with Crippen LogP contribution in [0.1, 0.15) is 43.8 Å². The lowest BCUT2D eigenvalue weighted by Gasteiger charge is -1.96. The zero-order chi connectivity index (χ0) is 14.8. The second-order valence-corrected chi connectivity index (χ2v) is 5.93. The molecular formula is C15H16FN3OS. The maximum Gasteiger partial charge on any atom is 0.226 e. The third kappa shape index (κ3) is 2.81. The van der Waals surface area contributed by atoms with Crippen LogP contribution in [0.25, 0.3) is 21.6 Å². The standard InChI is InChI=1S/C15H16FN3OS/c1-3-5-13-18-14(19-20-13)9-6-7-11-12(8-9)21-15(17-11)10(16)4-2/h6-8,10H,3-5H2,1-2H3. The molecular weight excluding hydrogens is 289 g/mol. The van der Waals surface area contributed by atoms with Gasteiger partial charge in [-0.25, -0.2) is 9.37 Å². The highest BCUT2D eigenvalue weighted by molar-refractivity contribution is 7.18. The Morgan fingerprint density at radius 2 is 2.14 bits per heavy atom. The number of thiazole rings is 1. The second-order valence-electron chi connectivity index (χ2n) is 4.87. The molecule has 6 heteroatoms. The number of benzene rings is 1. The number of nitrogens with zero attached hydrogens (tertiary/aromatic N) is 3. The summed E-state index contributed by atoms with van der Waals surface area (Å²) in [7, 11) is 0. The van der Waals surface area contributed by atoms with E-state index in [0.717, 1.165) is 28.6 Å². The van der Waals surface area contributed by atoms with Gasteiger partial charge in [0.2, 0.25) is 11.7 Å². The molecule has 1 atom stereocenters. The van der Waals surface area contributed by atoms with E-state index in [4.69, 9.17) is 4.52 Å². The van der Waals surface area contributed by atoms with Crippen molar-refractivity contribution in [3.05, 3.63) is 29.1 Å². The Kier molecular flexibility index (Phi) is 3.96. The van der Waals surface area contributed by atoms with Crippen LogP contribution in [0.4, 0.5) is 4.39 Å². The first-order chi connectivity index (χ1) is 10.2. The third-order valence-electron chi connectivity index (χ3n) is 3.22. The minimum Gasteiger partial charge on any atom is -0.339 e. The van der Waals surface area contributed by atoms with Crippen LogP contribution in [0.15, 0.2) is 22.7 Å². The van der Waals surface area contributed by atoms with Gasteiger partial charge in [-0.1, -0.05) is 19.0 Å². The Bertz CT molecular complexity index is 752. The zero-order valence-electron chi connectivity index (χ0n) is 12.0. The van der Waals surface area contributed by atoms with Crippen molar-refractivity contribution in [1.82, 2.24) is 15.1 Å². The molecule has 0 radical (unpaired) electrons. The summed E-state index contributed by atoms with van der Waals surface area (Å²) >= 11 is 1.38. The van der Waals surface area contributed by atoms with E-state index in [1.54, 1.807) is 0 Å². The fourth-order valence-electron chi connectivity index (χ4n) is 2.08. The second kappa shape index (κ2) is 5.89. The molecule has 1 unspecified atom stereocenters. The Morgan fingerprint density at radius 3 is 2.90 bits per heavy atom. The quantitative estimate of drug-likeness (QED) is 0.684. The number of aromatic nitrogens is 3. The molecule has 3 rings (SSSR count). The fourth-order valence-corrected chi connectivity index (χ4v) is 3.15. The summed E-state index contributed by atoms with van der Waals surface area (Å²) in [6, 6.07) is 5.72. The lowest BCUT2D eigenvalue weighted by Crippen LogP contribution is -1.86. The van der Waals surface area contributed by atoms with E-state index in [-0.39, 0.29) is 0 Å². The van der Waals surface area contributed by atoms with Crippen LogP contribution in [-0.4, -0.2) is 15.1 Å². The van der Waals surface area contributed by atoms with Gasteiger partial charge in [0.05, 0.1) is 10.2 Å². The highest BCUT2D eigenvalue weighted by Crippen LogP contribution is 2.32. The van der Waals surface area contributed by atoms with Crippen molar-refractivity contribution in [2.24, 2.45) is 0 Å². The molecule has 2 aromatic heterocycles. The summed E-state index contributed by atoms with van der Waals surface area (Å²) in [6.45, 7) is 3.88. The average molecular weight is 305 g/mol. The summed E-state index contributed by atoms with van der Waals surface area (Å²) in [5.74, 6) is 1.22. The van der Waals surface area contributed by atoms with E-state index < -0.39 is 6.17 Å². The number of alkyl halides is 1. The first-order valence-electron chi connectivity index (χ1n) is 7.08. The minimum atomic E-state index is -0.993. The van der Waals surface area contributed by atoms with Crippen molar-refractivity contribution < 1.29 is 8.91 Å². The lowest BCUT2D eigenvalue weighted by molar-refractivity contribution is 0.334. The molecule has 0 saturated carbocycles. The zero-order valence-corrected chi connectivity index (χ0v) is 12.8. The van der Waals surface area contributed by atoms with Crippen molar-refractivity contribution in [2.45, 2.75) is 39.3 Å². The predicted octanol–water partition coefficient (Wildman–Crippen LogP) is 4.72. The number of rotatable bonds is 5. The monoisotopic (exact) mass is 305 g/mol. The van der Waals surface area contributed by atoms with Gasteiger partial charge in [-0.2, -0.15) is 4.98 Å². The highest BCUT2D eigenvalue weighted by Gasteiger charge is 2.15. The Morgan fingerprint density at radius 1 is 1.29 bits per heavy atom. The van der Waals surface area contributed by atoms with Gasteiger partial charge in [-0.3, -0.25) is 0 Å². The number of fused-ring (bicyclic) bond motifs is 1. The molecule has 0 fully saturated rings. The van der Waals surface area contributed by atoms with Crippen LogP contribution in [0, 0.1) is 0 Å². The van der Waals surface area contributed by atoms with Gasteiger partial charge in [0.15, 0.2) is 6.17 Å². The summed E-state index contributed by atoms with van der Waals surface area (Å²) in [4.78, 5) is 8.70. The molecule has 0 spiro atoms. The SMILES string of the molecule is CCCc1nc(-c2ccc3nc(C(F)CC)sc3c2)no1. The molecule has 0 aliphatic carbocycles. The van der Waals surface area contributed by atoms with E-state index >= 15 is 0 Å². The molecule has 0 amide bonds. The van der Waals surface area contributed by atoms with E-state index in [2.05, 4.69) is 22.0 Å². The maximum atomic E-state index is 13.7. The van der Waals surface area contributed by atoms with Gasteiger partial charge >= 0.3 is 0 Å². The van der Waals surface area contributed by atoms with Crippen molar-refractivity contribution in [3.63, 3.8) is 0 Å². The van der Waals surface area contributed by atoms with E-state index in [9.17, 15) is 4.39 Å². The number of hydrogen-bond donors (Lipinski definition) is 0. The van der Waals surface area contributed by atoms with Gasteiger partial charge in [-0.05, 0) is 31.0 Å². The lowest BCUT2D eigenvalue weighted by atomic mass is 10.2. The van der Waals surface area contributed by atoms with Crippen molar-refractivity contribution in [3.8, 4) is 11.4 Å². The van der Waals surface area contributed by atoms with Gasteiger partial charge in [0.25, 0.3) is 0 Å². The number of hydrogen-bond acceptors (Lipinski definition) is 5. The molecule has 0 N–H and O–H groups in total. The summed E-state index contributed by atoms with van der Waals surface area (Å²) in [6.07, 6.45) is 1.19. The Labute approximate surface area is 126 Å². The number of halogens is 1. The van der Waals surface area contributed by atoms with Crippen LogP contribution in [0.2, 0.25) is 0 Å². The first-order valence-corrected chi connectivity index (χ1v) is 7.90. The van der Waals surface area contributed by atoms with Gasteiger partial charge in [0, 0.05) is 12.0 Å². The van der Waals surface area contributed by atoms with Crippen molar-refractivity contribution in [1.29, 1.82) is 0 Å². The summed E-state index contributed by atoms with van der Waals surface area (Å²) in [5, 5.41) is 4.53. The number of aryl methyl sites for hydroxylation is 1. The molecule has 21 heavy (non-hydrogen) atoms. The molecule has 2 heterocycles. The van der Waals surface area contributed by atoms with Gasteiger partial charge in [-0.15, -0.1) is 11.3 Å². The highest BCUT2D eigenvalue weighted by atomic mass is 32.1. The van der Waals surface area contributed by atoms with Crippen molar-refractivity contribution in [2.75, 3.05) is 0 Å². The van der Waals surface area contributed by atoms with Gasteiger partial charge < -0.3 is 4.52 Å². The predicted molar refractivity (Wildman–Crippen MR) is 81.0 cm³/mol. The van der Waals surface area contributed by atoms with Crippen LogP contribution in [0.3, 0.4) is 0 Å². The van der Waals surface area contributed by atoms with Crippen LogP contribution < -0.4 is 0 Å². The smallest absolute Gasteiger partial charge is 0.226 e. The van der Waals surface area contributed by atoms with E-state index in [0.29, 0.717) is 23.1 Å². The maximum absolute atomic E-state index is 13.7. The van der Waals surface area contributed by atoms with Crippen LogP contribution in [0.5, 0.6) is 0 Å². The average Bonchev–Trinajstić information content (AvgIpc) is 3.12. The summed E-state index contributed by atoms with van der Waals surface area (Å²) < 4.78 is 19.9. The molecule has 0 aliphatic rings. The molecule has 110 valence electrons. The third-order valence-corrected chi connectivity index (χ3v) is 4.32. The molecule has 3 aromatic rings. The normalized spacial score (nSPS) is 12.9. The van der Waals surface area contributed by atoms with Crippen LogP contribution in [-0.2, 0) is 6.42 Å². The van der Waals surface area contributed by atoms with Gasteiger partial charge in [0.1, 0.15) is 5.01 Å².